The summed E-state index contributed by atoms with van der Waals surface area (Å²) in [6.07, 6.45) is 2.76. The number of benzene rings is 2. The lowest BCUT2D eigenvalue weighted by atomic mass is 9.53. The number of fused-ring (bicyclic) bond motifs is 1. The largest absolute Gasteiger partial charge is 0.440 e. The lowest BCUT2D eigenvalue weighted by Crippen LogP contribution is -2.76. The molecule has 0 aromatic heterocycles. The summed E-state index contributed by atoms with van der Waals surface area (Å²) in [5.74, 6) is 5.96. The predicted molar refractivity (Wildman–Crippen MR) is 144 cm³/mol. The number of carbonyl (C=O) groups is 1. The van der Waals surface area contributed by atoms with Gasteiger partial charge in [0.05, 0.1) is 19.6 Å². The minimum Gasteiger partial charge on any atom is -0.440 e. The molecule has 1 aliphatic heterocycles. The highest BCUT2D eigenvalue weighted by Crippen LogP contribution is 2.59. The van der Waals surface area contributed by atoms with Gasteiger partial charge >= 0.3 is 5.97 Å². The minimum absolute atomic E-state index is 0.00856. The third-order valence-corrected chi connectivity index (χ3v) is 7.88. The zero-order valence-electron chi connectivity index (χ0n) is 22.6. The van der Waals surface area contributed by atoms with E-state index in [4.69, 9.17) is 23.7 Å². The molecule has 202 valence electrons. The van der Waals surface area contributed by atoms with Gasteiger partial charge in [-0.05, 0) is 42.7 Å². The van der Waals surface area contributed by atoms with E-state index in [1.54, 1.807) is 13.0 Å². The van der Waals surface area contributed by atoms with Gasteiger partial charge in [-0.1, -0.05) is 80.6 Å². The summed E-state index contributed by atoms with van der Waals surface area (Å²) in [7, 11) is 0. The maximum absolute atomic E-state index is 13.1. The quantitative estimate of drug-likeness (QED) is 0.123. The van der Waals surface area contributed by atoms with E-state index in [1.165, 1.54) is 0 Å². The van der Waals surface area contributed by atoms with Crippen LogP contribution in [0.5, 0.6) is 0 Å². The molecule has 38 heavy (non-hydrogen) atoms. The number of rotatable bonds is 11. The normalized spacial score (nSPS) is 30.4. The topological polar surface area (TPSA) is 63.2 Å². The highest BCUT2D eigenvalue weighted by molar-refractivity contribution is 5.74. The highest BCUT2D eigenvalue weighted by atomic mass is 16.7. The number of esters is 1. The molecular formula is C32H38O6. The first-order valence-electron chi connectivity index (χ1n) is 13.2. The van der Waals surface area contributed by atoms with Crippen LogP contribution < -0.4 is 0 Å². The van der Waals surface area contributed by atoms with Gasteiger partial charge in [0.1, 0.15) is 25.3 Å². The molecule has 6 nitrogen and oxygen atoms in total. The Morgan fingerprint density at radius 3 is 2.21 bits per heavy atom. The fourth-order valence-electron chi connectivity index (χ4n) is 5.88. The number of carbonyl (C=O) groups excluding carboxylic acids is 1. The van der Waals surface area contributed by atoms with E-state index in [-0.39, 0.29) is 31.9 Å². The van der Waals surface area contributed by atoms with E-state index >= 15 is 0 Å². The SMILES string of the molecule is C=C[C@@]1(C)CC(=O)OC2(C#CC)C(OCOCc3ccccc3)C(C)CC[C@@]21OCOCc1ccccc1. The van der Waals surface area contributed by atoms with Gasteiger partial charge in [-0.3, -0.25) is 4.79 Å². The summed E-state index contributed by atoms with van der Waals surface area (Å²) in [5.41, 5.74) is -1.04. The molecule has 0 amide bonds. The zero-order chi connectivity index (χ0) is 27.1. The molecule has 1 saturated heterocycles. The van der Waals surface area contributed by atoms with Crippen molar-refractivity contribution in [1.82, 2.24) is 0 Å². The van der Waals surface area contributed by atoms with Crippen LogP contribution in [0.2, 0.25) is 0 Å². The molecule has 1 saturated carbocycles. The second-order valence-corrected chi connectivity index (χ2v) is 10.4. The number of hydrogen-bond donors (Lipinski definition) is 0. The lowest BCUT2D eigenvalue weighted by Gasteiger charge is -2.62. The maximum Gasteiger partial charge on any atom is 0.308 e. The van der Waals surface area contributed by atoms with Crippen molar-refractivity contribution in [3.05, 3.63) is 84.4 Å². The number of ether oxygens (including phenoxy) is 5. The van der Waals surface area contributed by atoms with Crippen LogP contribution in [0.15, 0.2) is 73.3 Å². The zero-order valence-corrected chi connectivity index (χ0v) is 22.6. The van der Waals surface area contributed by atoms with E-state index in [0.717, 1.165) is 17.5 Å². The van der Waals surface area contributed by atoms with E-state index in [2.05, 4.69) is 25.3 Å². The first-order chi connectivity index (χ1) is 18.4. The smallest absolute Gasteiger partial charge is 0.308 e. The van der Waals surface area contributed by atoms with Crippen LogP contribution in [-0.4, -0.2) is 36.9 Å². The Morgan fingerprint density at radius 2 is 1.63 bits per heavy atom. The third-order valence-electron chi connectivity index (χ3n) is 7.88. The summed E-state index contributed by atoms with van der Waals surface area (Å²) >= 11 is 0. The highest BCUT2D eigenvalue weighted by Gasteiger charge is 2.72. The number of hydrogen-bond acceptors (Lipinski definition) is 6. The molecule has 0 spiro atoms. The van der Waals surface area contributed by atoms with Crippen molar-refractivity contribution in [2.24, 2.45) is 11.3 Å². The predicted octanol–water partition coefficient (Wildman–Crippen LogP) is 5.81. The maximum atomic E-state index is 13.1. The first kappa shape index (κ1) is 28.1. The fourth-order valence-corrected chi connectivity index (χ4v) is 5.88. The standard InChI is InChI=1S/C32H38O6/c1-5-18-31-29(36-23-34-21-26-13-9-7-10-14-26)25(3)17-19-32(31,30(4,6-2)20-28(33)38-31)37-24-35-22-27-15-11-8-12-16-27/h6-16,25,29H,2,17,19-24H2,1,3-4H3/t25?,29?,30-,31?,32-/m0/s1. The average Bonchev–Trinajstić information content (AvgIpc) is 2.92. The lowest BCUT2D eigenvalue weighted by molar-refractivity contribution is -0.322. The molecule has 3 unspecified atom stereocenters. The first-order valence-corrected chi connectivity index (χ1v) is 13.2. The molecule has 0 radical (unpaired) electrons. The Bertz CT molecular complexity index is 1140. The Hall–Kier alpha value is -2.95. The molecule has 2 aromatic carbocycles. The van der Waals surface area contributed by atoms with Crippen LogP contribution in [0.25, 0.3) is 0 Å². The average molecular weight is 519 g/mol. The van der Waals surface area contributed by atoms with Crippen molar-refractivity contribution < 1.29 is 28.5 Å². The third kappa shape index (κ3) is 5.43. The second-order valence-electron chi connectivity index (χ2n) is 10.4. The monoisotopic (exact) mass is 518 g/mol. The van der Waals surface area contributed by atoms with Crippen molar-refractivity contribution in [3.8, 4) is 11.8 Å². The fraction of sp³-hybridized carbons (Fsp3) is 0.469. The van der Waals surface area contributed by atoms with Crippen LogP contribution in [0, 0.1) is 23.2 Å². The van der Waals surface area contributed by atoms with Crippen molar-refractivity contribution in [3.63, 3.8) is 0 Å². The molecule has 2 aromatic rings. The van der Waals surface area contributed by atoms with Gasteiger partial charge in [-0.2, -0.15) is 0 Å². The molecule has 0 N–H and O–H groups in total. The summed E-state index contributed by atoms with van der Waals surface area (Å²) in [6.45, 7) is 10.8. The molecule has 1 aliphatic carbocycles. The Labute approximate surface area is 226 Å². The van der Waals surface area contributed by atoms with E-state index in [9.17, 15) is 4.79 Å². The molecule has 4 rings (SSSR count). The summed E-state index contributed by atoms with van der Waals surface area (Å²) in [6, 6.07) is 19.8. The summed E-state index contributed by atoms with van der Waals surface area (Å²) in [5, 5.41) is 0. The molecule has 2 aliphatic rings. The van der Waals surface area contributed by atoms with Crippen LogP contribution in [0.1, 0.15) is 51.2 Å². The van der Waals surface area contributed by atoms with Gasteiger partial charge in [0.15, 0.2) is 0 Å². The van der Waals surface area contributed by atoms with E-state index in [0.29, 0.717) is 19.6 Å². The Balaban J connectivity index is 1.60. The molecule has 0 bridgehead atoms. The van der Waals surface area contributed by atoms with Gasteiger partial charge in [0.25, 0.3) is 0 Å². The molecule has 1 heterocycles. The van der Waals surface area contributed by atoms with Crippen LogP contribution in [0.4, 0.5) is 0 Å². The summed E-state index contributed by atoms with van der Waals surface area (Å²) in [4.78, 5) is 13.1. The van der Waals surface area contributed by atoms with E-state index in [1.807, 2.05) is 67.6 Å². The van der Waals surface area contributed by atoms with Gasteiger partial charge in [0.2, 0.25) is 5.60 Å². The van der Waals surface area contributed by atoms with Crippen LogP contribution in [0.3, 0.4) is 0 Å². The minimum atomic E-state index is -1.36. The van der Waals surface area contributed by atoms with Crippen molar-refractivity contribution in [1.29, 1.82) is 0 Å². The molecule has 5 atom stereocenters. The van der Waals surface area contributed by atoms with Gasteiger partial charge < -0.3 is 23.7 Å². The van der Waals surface area contributed by atoms with E-state index < -0.39 is 22.7 Å². The van der Waals surface area contributed by atoms with Gasteiger partial charge in [-0.15, -0.1) is 12.5 Å². The van der Waals surface area contributed by atoms with Gasteiger partial charge in [-0.25, -0.2) is 0 Å². The molecular weight excluding hydrogens is 480 g/mol. The Kier molecular flexibility index (Phi) is 9.07. The molecule has 2 fully saturated rings. The van der Waals surface area contributed by atoms with Crippen LogP contribution in [-0.2, 0) is 41.7 Å². The Morgan fingerprint density at radius 1 is 1.03 bits per heavy atom. The molecule has 6 heteroatoms. The van der Waals surface area contributed by atoms with Crippen molar-refractivity contribution in [2.45, 2.75) is 70.6 Å². The van der Waals surface area contributed by atoms with Crippen molar-refractivity contribution >= 4 is 5.97 Å². The van der Waals surface area contributed by atoms with Gasteiger partial charge in [0, 0.05) is 5.41 Å². The van der Waals surface area contributed by atoms with Crippen molar-refractivity contribution in [2.75, 3.05) is 13.6 Å². The van der Waals surface area contributed by atoms with Crippen LogP contribution >= 0.6 is 0 Å². The summed E-state index contributed by atoms with van der Waals surface area (Å²) < 4.78 is 31.1. The second kappa shape index (κ2) is 12.3.